The Hall–Kier alpha value is -0.826. The normalized spacial score (nSPS) is 16.2. The standard InChI is InChI=1S/C24H32NO.Y/c1-20-11-10-12-21(2)24(20)17-23(26)19-25(15-8-3-4-9-16-25)18-22-13-6-5-7-14-22;/h5-7,10-14H,3-4,8-9,15-19H2,1-2H3;/q+1;. The number of aryl methyl sites for hydroxylation is 2. The van der Waals surface area contributed by atoms with E-state index >= 15 is 0 Å². The first kappa shape index (κ1) is 22.5. The third-order valence-corrected chi connectivity index (χ3v) is 5.91. The van der Waals surface area contributed by atoms with Crippen molar-refractivity contribution in [1.82, 2.24) is 0 Å². The molecule has 0 aromatic heterocycles. The molecule has 3 rings (SSSR count). The van der Waals surface area contributed by atoms with Crippen molar-refractivity contribution in [3.8, 4) is 0 Å². The van der Waals surface area contributed by atoms with Crippen LogP contribution in [0.5, 0.6) is 0 Å². The van der Waals surface area contributed by atoms with E-state index in [0.29, 0.717) is 18.7 Å². The zero-order valence-corrected chi connectivity index (χ0v) is 19.8. The maximum atomic E-state index is 13.1. The molecule has 27 heavy (non-hydrogen) atoms. The van der Waals surface area contributed by atoms with Crippen molar-refractivity contribution in [3.63, 3.8) is 0 Å². The Morgan fingerprint density at radius 3 is 2.04 bits per heavy atom. The van der Waals surface area contributed by atoms with Gasteiger partial charge in [0.2, 0.25) is 0 Å². The zero-order valence-electron chi connectivity index (χ0n) is 16.9. The molecule has 0 bridgehead atoms. The fourth-order valence-corrected chi connectivity index (χ4v) is 4.46. The molecule has 2 nitrogen and oxygen atoms in total. The van der Waals surface area contributed by atoms with Crippen LogP contribution in [0.2, 0.25) is 0 Å². The van der Waals surface area contributed by atoms with Gasteiger partial charge in [-0.05, 0) is 56.2 Å². The fourth-order valence-electron chi connectivity index (χ4n) is 4.46. The van der Waals surface area contributed by atoms with Gasteiger partial charge in [0.25, 0.3) is 0 Å². The van der Waals surface area contributed by atoms with Crippen molar-refractivity contribution in [2.45, 2.75) is 52.5 Å². The first-order valence-corrected chi connectivity index (χ1v) is 10.0. The van der Waals surface area contributed by atoms with Crippen molar-refractivity contribution >= 4 is 5.78 Å². The number of ketones is 1. The van der Waals surface area contributed by atoms with Gasteiger partial charge in [-0.1, -0.05) is 48.5 Å². The van der Waals surface area contributed by atoms with Crippen LogP contribution in [0.15, 0.2) is 48.5 Å². The molecule has 2 aromatic carbocycles. The summed E-state index contributed by atoms with van der Waals surface area (Å²) in [5.74, 6) is 0.389. The molecule has 0 atom stereocenters. The summed E-state index contributed by atoms with van der Waals surface area (Å²) >= 11 is 0. The molecule has 1 saturated heterocycles. The van der Waals surface area contributed by atoms with Crippen molar-refractivity contribution in [2.24, 2.45) is 0 Å². The summed E-state index contributed by atoms with van der Waals surface area (Å²) in [6.45, 7) is 8.16. The number of hydrogen-bond acceptors (Lipinski definition) is 1. The van der Waals surface area contributed by atoms with Crippen LogP contribution in [0, 0.1) is 13.8 Å². The third-order valence-electron chi connectivity index (χ3n) is 5.91. The van der Waals surface area contributed by atoms with E-state index in [-0.39, 0.29) is 32.7 Å². The van der Waals surface area contributed by atoms with E-state index in [1.165, 1.54) is 47.9 Å². The molecular weight excluding hydrogens is 407 g/mol. The molecule has 141 valence electrons. The van der Waals surface area contributed by atoms with Crippen LogP contribution in [-0.4, -0.2) is 29.9 Å². The van der Waals surface area contributed by atoms with Gasteiger partial charge in [-0.2, -0.15) is 0 Å². The van der Waals surface area contributed by atoms with Gasteiger partial charge in [0, 0.05) is 44.7 Å². The molecule has 0 saturated carbocycles. The van der Waals surface area contributed by atoms with Gasteiger partial charge in [0.05, 0.1) is 13.1 Å². The first-order valence-electron chi connectivity index (χ1n) is 10.0. The van der Waals surface area contributed by atoms with Crippen LogP contribution in [0.25, 0.3) is 0 Å². The summed E-state index contributed by atoms with van der Waals surface area (Å²) in [6, 6.07) is 17.0. The van der Waals surface area contributed by atoms with Gasteiger partial charge in [-0.3, -0.25) is 4.79 Å². The molecule has 1 radical (unpaired) electrons. The molecule has 1 heterocycles. The smallest absolute Gasteiger partial charge is 0.191 e. The second-order valence-corrected chi connectivity index (χ2v) is 8.09. The molecule has 0 unspecified atom stereocenters. The summed E-state index contributed by atoms with van der Waals surface area (Å²) in [5, 5.41) is 0. The van der Waals surface area contributed by atoms with Crippen molar-refractivity contribution in [2.75, 3.05) is 19.6 Å². The Balaban J connectivity index is 0.00000261. The Kier molecular flexibility index (Phi) is 8.86. The minimum atomic E-state index is 0. The summed E-state index contributed by atoms with van der Waals surface area (Å²) in [5.41, 5.74) is 5.06. The van der Waals surface area contributed by atoms with Crippen molar-refractivity contribution in [3.05, 3.63) is 70.8 Å². The molecule has 0 spiro atoms. The average Bonchev–Trinajstić information content (AvgIpc) is 2.85. The Bertz CT molecular complexity index is 713. The third kappa shape index (κ3) is 6.34. The molecule has 0 amide bonds. The Labute approximate surface area is 189 Å². The fraction of sp³-hybridized carbons (Fsp3) is 0.458. The average molecular weight is 439 g/mol. The number of benzene rings is 2. The maximum absolute atomic E-state index is 13.1. The first-order chi connectivity index (χ1) is 12.6. The van der Waals surface area contributed by atoms with Crippen molar-refractivity contribution < 1.29 is 42.0 Å². The number of carbonyl (C=O) groups excluding carboxylic acids is 1. The maximum Gasteiger partial charge on any atom is 0.191 e. The number of rotatable bonds is 6. The van der Waals surface area contributed by atoms with Gasteiger partial charge < -0.3 is 4.48 Å². The predicted octanol–water partition coefficient (Wildman–Crippen LogP) is 5.00. The largest absolute Gasteiger partial charge is 0.314 e. The van der Waals surface area contributed by atoms with Gasteiger partial charge in [-0.15, -0.1) is 0 Å². The number of likely N-dealkylation sites (tertiary alicyclic amines) is 1. The van der Waals surface area contributed by atoms with E-state index in [1.54, 1.807) is 0 Å². The second kappa shape index (κ2) is 10.6. The second-order valence-electron chi connectivity index (χ2n) is 8.09. The van der Waals surface area contributed by atoms with E-state index in [1.807, 2.05) is 0 Å². The Morgan fingerprint density at radius 2 is 1.44 bits per heavy atom. The zero-order chi connectivity index (χ0) is 18.4. The van der Waals surface area contributed by atoms with E-state index in [4.69, 9.17) is 0 Å². The van der Waals surface area contributed by atoms with E-state index in [0.717, 1.165) is 24.1 Å². The summed E-state index contributed by atoms with van der Waals surface area (Å²) < 4.78 is 0.938. The van der Waals surface area contributed by atoms with E-state index < -0.39 is 0 Å². The minimum absolute atomic E-state index is 0. The molecule has 1 aliphatic rings. The molecular formula is C24H32NOY+. The molecule has 0 aliphatic carbocycles. The number of Topliss-reactive ketones (excluding diaryl/α,β-unsaturated/α-hetero) is 1. The molecule has 2 aromatic rings. The van der Waals surface area contributed by atoms with Gasteiger partial charge >= 0.3 is 0 Å². The van der Waals surface area contributed by atoms with E-state index in [2.05, 4.69) is 62.4 Å². The summed E-state index contributed by atoms with van der Waals surface area (Å²) in [7, 11) is 0. The number of hydrogen-bond donors (Lipinski definition) is 0. The van der Waals surface area contributed by atoms with Crippen molar-refractivity contribution in [1.29, 1.82) is 0 Å². The van der Waals surface area contributed by atoms with Gasteiger partial charge in [0.15, 0.2) is 5.78 Å². The predicted molar refractivity (Wildman–Crippen MR) is 108 cm³/mol. The molecule has 1 fully saturated rings. The molecule has 1 aliphatic heterocycles. The quantitative estimate of drug-likeness (QED) is 0.579. The van der Waals surface area contributed by atoms with Crippen LogP contribution in [0.3, 0.4) is 0 Å². The number of nitrogens with zero attached hydrogens (tertiary/aromatic N) is 1. The molecule has 3 heteroatoms. The van der Waals surface area contributed by atoms with Gasteiger partial charge in [-0.25, -0.2) is 0 Å². The monoisotopic (exact) mass is 439 g/mol. The summed E-state index contributed by atoms with van der Waals surface area (Å²) in [4.78, 5) is 13.1. The SMILES string of the molecule is Cc1cccc(C)c1CC(=O)C[N+]1(Cc2ccccc2)CCCCCC1.[Y]. The number of carbonyl (C=O) groups is 1. The van der Waals surface area contributed by atoms with Crippen LogP contribution in [0.4, 0.5) is 0 Å². The molecule has 0 N–H and O–H groups in total. The van der Waals surface area contributed by atoms with Gasteiger partial charge in [0.1, 0.15) is 13.1 Å². The van der Waals surface area contributed by atoms with E-state index in [9.17, 15) is 4.79 Å². The topological polar surface area (TPSA) is 17.1 Å². The summed E-state index contributed by atoms with van der Waals surface area (Å²) in [6.07, 6.45) is 5.67. The number of quaternary nitrogens is 1. The van der Waals surface area contributed by atoms with Crippen LogP contribution in [0.1, 0.15) is 47.9 Å². The van der Waals surface area contributed by atoms with Crippen LogP contribution >= 0.6 is 0 Å². The van der Waals surface area contributed by atoms with Crippen LogP contribution in [-0.2, 0) is 50.5 Å². The Morgan fingerprint density at radius 1 is 0.852 bits per heavy atom. The minimum Gasteiger partial charge on any atom is -0.314 e. The van der Waals surface area contributed by atoms with Crippen LogP contribution < -0.4 is 0 Å².